The lowest BCUT2D eigenvalue weighted by molar-refractivity contribution is -0.190. The van der Waals surface area contributed by atoms with Crippen molar-refractivity contribution < 1.29 is 18.0 Å². The number of amides is 1. The van der Waals surface area contributed by atoms with Gasteiger partial charge in [-0.1, -0.05) is 49.7 Å². The lowest BCUT2D eigenvalue weighted by atomic mass is 9.92. The highest BCUT2D eigenvalue weighted by molar-refractivity contribution is 5.89. The molecule has 6 heteroatoms. The van der Waals surface area contributed by atoms with Gasteiger partial charge in [0.1, 0.15) is 0 Å². The molecule has 1 N–H and O–H groups in total. The molecule has 24 heavy (non-hydrogen) atoms. The minimum Gasteiger partial charge on any atom is -0.288 e. The quantitative estimate of drug-likeness (QED) is 0.910. The molecule has 3 rings (SSSR count). The van der Waals surface area contributed by atoms with Gasteiger partial charge >= 0.3 is 6.18 Å². The molecule has 1 amide bonds. The Morgan fingerprint density at radius 3 is 2.50 bits per heavy atom. The van der Waals surface area contributed by atoms with E-state index >= 15 is 0 Å². The average Bonchev–Trinajstić information content (AvgIpc) is 2.92. The Kier molecular flexibility index (Phi) is 4.49. The highest BCUT2D eigenvalue weighted by atomic mass is 19.4. The van der Waals surface area contributed by atoms with Crippen LogP contribution in [-0.4, -0.2) is 23.6 Å². The second-order valence-electron chi connectivity index (χ2n) is 6.04. The highest BCUT2D eigenvalue weighted by Gasteiger charge is 2.47. The van der Waals surface area contributed by atoms with Crippen molar-refractivity contribution in [2.75, 3.05) is 6.54 Å². The van der Waals surface area contributed by atoms with Gasteiger partial charge in [0, 0.05) is 13.0 Å². The fraction of sp³-hybridized carbons (Fsp3) is 0.389. The van der Waals surface area contributed by atoms with Gasteiger partial charge in [0.2, 0.25) is 5.91 Å². The SMILES string of the molecule is CCCc1cccc2cccc([C@H](N3CCC(=O)N3)C(F)(F)F)c12. The van der Waals surface area contributed by atoms with Crippen molar-refractivity contribution in [2.24, 2.45) is 0 Å². The minimum absolute atomic E-state index is 0.0509. The van der Waals surface area contributed by atoms with Crippen molar-refractivity contribution in [2.45, 2.75) is 38.4 Å². The van der Waals surface area contributed by atoms with Gasteiger partial charge in [-0.15, -0.1) is 0 Å². The van der Waals surface area contributed by atoms with Gasteiger partial charge < -0.3 is 0 Å². The summed E-state index contributed by atoms with van der Waals surface area (Å²) in [6.07, 6.45) is -2.83. The molecule has 1 heterocycles. The van der Waals surface area contributed by atoms with Gasteiger partial charge in [0.15, 0.2) is 6.04 Å². The van der Waals surface area contributed by atoms with E-state index in [1.807, 2.05) is 31.2 Å². The third-order valence-electron chi connectivity index (χ3n) is 4.31. The number of benzene rings is 2. The number of alkyl halides is 3. The fourth-order valence-electron chi connectivity index (χ4n) is 3.36. The number of aryl methyl sites for hydroxylation is 1. The van der Waals surface area contributed by atoms with Crippen LogP contribution in [0.1, 0.15) is 36.9 Å². The summed E-state index contributed by atoms with van der Waals surface area (Å²) in [5.74, 6) is -0.377. The first-order valence-corrected chi connectivity index (χ1v) is 8.05. The second-order valence-corrected chi connectivity index (χ2v) is 6.04. The second kappa shape index (κ2) is 6.43. The maximum absolute atomic E-state index is 13.8. The van der Waals surface area contributed by atoms with Crippen LogP contribution in [0.2, 0.25) is 0 Å². The first-order valence-electron chi connectivity index (χ1n) is 8.05. The lowest BCUT2D eigenvalue weighted by Crippen LogP contribution is -2.43. The van der Waals surface area contributed by atoms with Gasteiger partial charge in [0.05, 0.1) is 0 Å². The van der Waals surface area contributed by atoms with Crippen LogP contribution in [0.4, 0.5) is 13.2 Å². The van der Waals surface area contributed by atoms with E-state index in [2.05, 4.69) is 5.43 Å². The van der Waals surface area contributed by atoms with Crippen molar-refractivity contribution in [3.63, 3.8) is 0 Å². The number of hydrogen-bond acceptors (Lipinski definition) is 2. The number of nitrogens with zero attached hydrogens (tertiary/aromatic N) is 1. The summed E-state index contributed by atoms with van der Waals surface area (Å²) in [4.78, 5) is 11.4. The summed E-state index contributed by atoms with van der Waals surface area (Å²) in [5.41, 5.74) is 3.46. The Balaban J connectivity index is 2.19. The molecule has 2 aromatic rings. The molecule has 0 radical (unpaired) electrons. The molecule has 0 aliphatic carbocycles. The van der Waals surface area contributed by atoms with Crippen molar-refractivity contribution in [3.8, 4) is 0 Å². The van der Waals surface area contributed by atoms with Crippen LogP contribution in [0.3, 0.4) is 0 Å². The number of hydrogen-bond donors (Lipinski definition) is 1. The predicted octanol–water partition coefficient (Wildman–Crippen LogP) is 4.13. The number of rotatable bonds is 4. The molecular formula is C18H19F3N2O. The fourth-order valence-corrected chi connectivity index (χ4v) is 3.36. The van der Waals surface area contributed by atoms with Crippen molar-refractivity contribution in [1.82, 2.24) is 10.4 Å². The van der Waals surface area contributed by atoms with Crippen molar-refractivity contribution >= 4 is 16.7 Å². The van der Waals surface area contributed by atoms with Gasteiger partial charge in [-0.25, -0.2) is 5.01 Å². The third kappa shape index (κ3) is 3.11. The molecule has 0 spiro atoms. The van der Waals surface area contributed by atoms with Gasteiger partial charge in [0.25, 0.3) is 0 Å². The standard InChI is InChI=1S/C18H19F3N2O/c1-2-5-12-6-3-7-13-8-4-9-14(16(12)13)17(18(19,20)21)23-11-10-15(24)22-23/h3-4,6-9,17H,2,5,10-11H2,1H3,(H,22,24)/t17-/m0/s1. The van der Waals surface area contributed by atoms with Crippen LogP contribution in [0.5, 0.6) is 0 Å². The zero-order chi connectivity index (χ0) is 17.3. The minimum atomic E-state index is -4.48. The van der Waals surface area contributed by atoms with E-state index in [4.69, 9.17) is 0 Å². The number of nitrogens with one attached hydrogen (secondary N) is 1. The molecule has 0 unspecified atom stereocenters. The number of fused-ring (bicyclic) bond motifs is 1. The van der Waals surface area contributed by atoms with Gasteiger partial charge in [-0.05, 0) is 28.3 Å². The molecule has 0 saturated carbocycles. The van der Waals surface area contributed by atoms with Crippen molar-refractivity contribution in [1.29, 1.82) is 0 Å². The molecular weight excluding hydrogens is 317 g/mol. The summed E-state index contributed by atoms with van der Waals surface area (Å²) >= 11 is 0. The van der Waals surface area contributed by atoms with E-state index in [0.29, 0.717) is 11.8 Å². The zero-order valence-electron chi connectivity index (χ0n) is 13.4. The predicted molar refractivity (Wildman–Crippen MR) is 86.2 cm³/mol. The van der Waals surface area contributed by atoms with Crippen molar-refractivity contribution in [3.05, 3.63) is 47.5 Å². The van der Waals surface area contributed by atoms with E-state index in [-0.39, 0.29) is 24.4 Å². The summed E-state index contributed by atoms with van der Waals surface area (Å²) in [7, 11) is 0. The molecule has 1 aliphatic rings. The van der Waals surface area contributed by atoms with E-state index < -0.39 is 12.2 Å². The highest BCUT2D eigenvalue weighted by Crippen LogP contribution is 2.41. The Morgan fingerprint density at radius 2 is 1.92 bits per heavy atom. The normalized spacial score (nSPS) is 17.2. The number of carbonyl (C=O) groups excluding carboxylic acids is 1. The average molecular weight is 336 g/mol. The number of hydrazine groups is 1. The third-order valence-corrected chi connectivity index (χ3v) is 4.31. The zero-order valence-corrected chi connectivity index (χ0v) is 13.4. The van der Waals surface area contributed by atoms with Gasteiger partial charge in [-0.2, -0.15) is 13.2 Å². The maximum Gasteiger partial charge on any atom is 0.409 e. The van der Waals surface area contributed by atoms with Crippen LogP contribution in [0.15, 0.2) is 36.4 Å². The van der Waals surface area contributed by atoms with E-state index in [0.717, 1.165) is 22.4 Å². The Hall–Kier alpha value is -2.08. The summed E-state index contributed by atoms with van der Waals surface area (Å²) < 4.78 is 41.5. The molecule has 0 aromatic heterocycles. The Labute approximate surface area is 138 Å². The van der Waals surface area contributed by atoms with E-state index in [1.165, 1.54) is 6.07 Å². The van der Waals surface area contributed by atoms with E-state index in [1.54, 1.807) is 6.07 Å². The summed E-state index contributed by atoms with van der Waals surface area (Å²) in [6.45, 7) is 2.05. The maximum atomic E-state index is 13.8. The summed E-state index contributed by atoms with van der Waals surface area (Å²) in [6, 6.07) is 8.73. The van der Waals surface area contributed by atoms with E-state index in [9.17, 15) is 18.0 Å². The molecule has 1 saturated heterocycles. The number of carbonyl (C=O) groups is 1. The lowest BCUT2D eigenvalue weighted by Gasteiger charge is -2.30. The van der Waals surface area contributed by atoms with Crippen LogP contribution in [0.25, 0.3) is 10.8 Å². The molecule has 2 aromatic carbocycles. The molecule has 1 atom stereocenters. The Morgan fingerprint density at radius 1 is 1.21 bits per heavy atom. The molecule has 1 aliphatic heterocycles. The van der Waals surface area contributed by atoms with Gasteiger partial charge in [-0.3, -0.25) is 10.2 Å². The first-order chi connectivity index (χ1) is 11.4. The molecule has 0 bridgehead atoms. The molecule has 3 nitrogen and oxygen atoms in total. The van der Waals surface area contributed by atoms with Crippen LogP contribution in [0, 0.1) is 0 Å². The van der Waals surface area contributed by atoms with Crippen LogP contribution >= 0.6 is 0 Å². The number of halogens is 3. The summed E-state index contributed by atoms with van der Waals surface area (Å²) in [5, 5.41) is 2.45. The Bertz CT molecular complexity index is 752. The first kappa shape index (κ1) is 16.8. The van der Waals surface area contributed by atoms with Crippen LogP contribution < -0.4 is 5.43 Å². The monoisotopic (exact) mass is 336 g/mol. The topological polar surface area (TPSA) is 32.3 Å². The molecule has 1 fully saturated rings. The van der Waals surface area contributed by atoms with Crippen LogP contribution in [-0.2, 0) is 11.2 Å². The largest absolute Gasteiger partial charge is 0.409 e. The molecule has 128 valence electrons. The smallest absolute Gasteiger partial charge is 0.288 e.